The van der Waals surface area contributed by atoms with Crippen LogP contribution in [0.2, 0.25) is 0 Å². The number of benzene rings is 1. The minimum absolute atomic E-state index is 0.612. The van der Waals surface area contributed by atoms with Gasteiger partial charge in [-0.1, -0.05) is 18.2 Å². The van der Waals surface area contributed by atoms with Gasteiger partial charge in [-0.2, -0.15) is 0 Å². The second-order valence-corrected chi connectivity index (χ2v) is 8.75. The Balaban J connectivity index is 1.61. The third kappa shape index (κ3) is 4.54. The second-order valence-electron chi connectivity index (χ2n) is 8.75. The standard InChI is InChI=1S/C27H32N4O2/c1-4-33-26-17-25(29-24(26)16-23-18(2)15-19(3)28-23)27-21(9-10-31-11-13-32-14-12-31)20-7-5-6-8-22(20)30-27/h5-8,15-17,28-29H,4,9-14H2,1-3H3. The number of hydrogen-bond donors (Lipinski definition) is 2. The maximum absolute atomic E-state index is 6.00. The Hall–Kier alpha value is -3.09. The van der Waals surface area contributed by atoms with E-state index in [0.717, 1.165) is 78.2 Å². The van der Waals surface area contributed by atoms with Crippen LogP contribution in [0.4, 0.5) is 0 Å². The molecule has 2 aromatic heterocycles. The lowest BCUT2D eigenvalue weighted by molar-refractivity contribution is 0.0390. The van der Waals surface area contributed by atoms with E-state index in [-0.39, 0.29) is 0 Å². The summed E-state index contributed by atoms with van der Waals surface area (Å²) in [7, 11) is 0. The summed E-state index contributed by atoms with van der Waals surface area (Å²) < 4.78 is 11.5. The molecule has 6 heteroatoms. The van der Waals surface area contributed by atoms with Crippen molar-refractivity contribution >= 4 is 17.3 Å². The van der Waals surface area contributed by atoms with E-state index in [1.54, 1.807) is 0 Å². The predicted octanol–water partition coefficient (Wildman–Crippen LogP) is 1.50. The number of para-hydroxylation sites is 1. The first-order valence-corrected chi connectivity index (χ1v) is 11.8. The van der Waals surface area contributed by atoms with Crippen molar-refractivity contribution in [3.8, 4) is 5.75 Å². The second kappa shape index (κ2) is 9.41. The Kier molecular flexibility index (Phi) is 6.20. The van der Waals surface area contributed by atoms with Crippen LogP contribution in [0.3, 0.4) is 0 Å². The summed E-state index contributed by atoms with van der Waals surface area (Å²) in [6, 6.07) is 12.7. The molecule has 2 aliphatic heterocycles. The van der Waals surface area contributed by atoms with Crippen molar-refractivity contribution in [1.29, 1.82) is 0 Å². The number of rotatable bonds is 6. The van der Waals surface area contributed by atoms with Crippen LogP contribution < -0.4 is 26.0 Å². The number of ether oxygens (including phenoxy) is 2. The van der Waals surface area contributed by atoms with Gasteiger partial charge in [0.1, 0.15) is 5.75 Å². The third-order valence-electron chi connectivity index (χ3n) is 6.37. The van der Waals surface area contributed by atoms with E-state index in [1.165, 1.54) is 16.4 Å². The van der Waals surface area contributed by atoms with Crippen molar-refractivity contribution in [3.63, 3.8) is 0 Å². The molecule has 33 heavy (non-hydrogen) atoms. The normalized spacial score (nSPS) is 18.5. The Morgan fingerprint density at radius 1 is 1.12 bits per heavy atom. The van der Waals surface area contributed by atoms with E-state index in [9.17, 15) is 0 Å². The van der Waals surface area contributed by atoms with E-state index < -0.39 is 0 Å². The fraction of sp³-hybridized carbons (Fsp3) is 0.370. The van der Waals surface area contributed by atoms with Crippen LogP contribution >= 0.6 is 0 Å². The van der Waals surface area contributed by atoms with Gasteiger partial charge in [0.05, 0.1) is 41.6 Å². The van der Waals surface area contributed by atoms with Gasteiger partial charge in [-0.25, -0.2) is 4.99 Å². The zero-order valence-electron chi connectivity index (χ0n) is 19.7. The van der Waals surface area contributed by atoms with Gasteiger partial charge in [-0.3, -0.25) is 4.90 Å². The zero-order valence-corrected chi connectivity index (χ0v) is 19.7. The molecule has 0 spiro atoms. The Morgan fingerprint density at radius 2 is 1.94 bits per heavy atom. The first kappa shape index (κ1) is 21.7. The molecule has 5 rings (SSSR count). The van der Waals surface area contributed by atoms with Crippen molar-refractivity contribution in [1.82, 2.24) is 14.9 Å². The van der Waals surface area contributed by atoms with Gasteiger partial charge in [0.15, 0.2) is 0 Å². The van der Waals surface area contributed by atoms with Gasteiger partial charge >= 0.3 is 0 Å². The van der Waals surface area contributed by atoms with Crippen molar-refractivity contribution in [2.45, 2.75) is 27.2 Å². The van der Waals surface area contributed by atoms with Crippen molar-refractivity contribution in [2.75, 3.05) is 39.5 Å². The SMILES string of the molecule is CCOc1cc(=C2N=c3ccccc3=C2CCN2CCOCC2)[nH]c1=Cc1[nH]c(C)cc1C. The van der Waals surface area contributed by atoms with Crippen LogP contribution in [0.25, 0.3) is 17.3 Å². The highest BCUT2D eigenvalue weighted by atomic mass is 16.5. The zero-order chi connectivity index (χ0) is 22.8. The lowest BCUT2D eigenvalue weighted by Crippen LogP contribution is -2.37. The van der Waals surface area contributed by atoms with Crippen LogP contribution in [0.5, 0.6) is 5.75 Å². The molecule has 3 aromatic rings. The molecule has 0 aliphatic carbocycles. The number of aromatic amines is 2. The molecule has 0 saturated carbocycles. The Bertz CT molecular complexity index is 1390. The summed E-state index contributed by atoms with van der Waals surface area (Å²) in [6.07, 6.45) is 3.08. The van der Waals surface area contributed by atoms with Crippen molar-refractivity contribution < 1.29 is 9.47 Å². The molecule has 0 atom stereocenters. The molecule has 4 heterocycles. The van der Waals surface area contributed by atoms with Crippen LogP contribution in [-0.4, -0.2) is 54.3 Å². The van der Waals surface area contributed by atoms with E-state index >= 15 is 0 Å². The maximum Gasteiger partial charge on any atom is 0.144 e. The molecule has 1 fully saturated rings. The van der Waals surface area contributed by atoms with Crippen molar-refractivity contribution in [2.24, 2.45) is 4.99 Å². The lowest BCUT2D eigenvalue weighted by atomic mass is 10.1. The minimum atomic E-state index is 0.612. The molecule has 1 aromatic carbocycles. The van der Waals surface area contributed by atoms with Crippen LogP contribution in [-0.2, 0) is 4.74 Å². The van der Waals surface area contributed by atoms with Gasteiger partial charge < -0.3 is 19.4 Å². The van der Waals surface area contributed by atoms with Gasteiger partial charge in [-0.05, 0) is 56.5 Å². The van der Waals surface area contributed by atoms with Gasteiger partial charge in [0, 0.05) is 42.3 Å². The van der Waals surface area contributed by atoms with E-state index in [1.807, 2.05) is 6.92 Å². The fourth-order valence-corrected chi connectivity index (χ4v) is 4.72. The molecule has 2 aliphatic rings. The Morgan fingerprint density at radius 3 is 2.70 bits per heavy atom. The van der Waals surface area contributed by atoms with Gasteiger partial charge in [0.2, 0.25) is 0 Å². The third-order valence-corrected chi connectivity index (χ3v) is 6.37. The smallest absolute Gasteiger partial charge is 0.144 e. The molecule has 0 unspecified atom stereocenters. The number of aromatic nitrogens is 2. The van der Waals surface area contributed by atoms with Crippen LogP contribution in [0.1, 0.15) is 30.3 Å². The van der Waals surface area contributed by atoms with E-state index in [2.05, 4.69) is 71.2 Å². The monoisotopic (exact) mass is 444 g/mol. The summed E-state index contributed by atoms with van der Waals surface area (Å²) in [5, 5.41) is 4.23. The summed E-state index contributed by atoms with van der Waals surface area (Å²) >= 11 is 0. The molecular formula is C27H32N4O2. The average Bonchev–Trinajstić information content (AvgIpc) is 3.48. The number of H-pyrrole nitrogens is 2. The quantitative estimate of drug-likeness (QED) is 0.606. The number of nitrogens with zero attached hydrogens (tertiary/aromatic N) is 2. The van der Waals surface area contributed by atoms with E-state index in [0.29, 0.717) is 6.61 Å². The number of aryl methyl sites for hydroxylation is 2. The molecule has 0 radical (unpaired) electrons. The summed E-state index contributed by atoms with van der Waals surface area (Å²) in [5.41, 5.74) is 5.77. The maximum atomic E-state index is 6.00. The number of hydrogen-bond acceptors (Lipinski definition) is 4. The number of nitrogens with one attached hydrogen (secondary N) is 2. The minimum Gasteiger partial charge on any atom is -0.492 e. The highest BCUT2D eigenvalue weighted by molar-refractivity contribution is 5.89. The predicted molar refractivity (Wildman–Crippen MR) is 131 cm³/mol. The molecule has 1 saturated heterocycles. The fourth-order valence-electron chi connectivity index (χ4n) is 4.72. The largest absolute Gasteiger partial charge is 0.492 e. The Labute approximate surface area is 194 Å². The number of fused-ring (bicyclic) bond motifs is 1. The average molecular weight is 445 g/mol. The summed E-state index contributed by atoms with van der Waals surface area (Å²) in [4.78, 5) is 14.6. The molecule has 172 valence electrons. The molecule has 0 bridgehead atoms. The first-order chi connectivity index (χ1) is 16.1. The highest BCUT2D eigenvalue weighted by Gasteiger charge is 2.18. The topological polar surface area (TPSA) is 65.6 Å². The number of morpholine rings is 1. The van der Waals surface area contributed by atoms with Crippen molar-refractivity contribution in [3.05, 3.63) is 74.6 Å². The first-order valence-electron chi connectivity index (χ1n) is 11.8. The van der Waals surface area contributed by atoms with E-state index in [4.69, 9.17) is 14.5 Å². The van der Waals surface area contributed by atoms with Gasteiger partial charge in [-0.15, -0.1) is 0 Å². The molecule has 2 N–H and O–H groups in total. The highest BCUT2D eigenvalue weighted by Crippen LogP contribution is 2.19. The lowest BCUT2D eigenvalue weighted by Gasteiger charge is -2.26. The van der Waals surface area contributed by atoms with Crippen LogP contribution in [0.15, 0.2) is 41.4 Å². The summed E-state index contributed by atoms with van der Waals surface area (Å²) in [6.45, 7) is 11.5. The van der Waals surface area contributed by atoms with Gasteiger partial charge in [0.25, 0.3) is 0 Å². The molecule has 0 amide bonds. The molecule has 6 nitrogen and oxygen atoms in total. The van der Waals surface area contributed by atoms with Crippen LogP contribution in [0, 0.1) is 13.8 Å². The summed E-state index contributed by atoms with van der Waals surface area (Å²) in [5.74, 6) is 0.852. The molecular weight excluding hydrogens is 412 g/mol.